The molecule has 0 aromatic rings. The summed E-state index contributed by atoms with van der Waals surface area (Å²) in [5, 5.41) is 10.6. The molecule has 0 heterocycles. The molecule has 0 radical (unpaired) electrons. The molecule has 5 unspecified atom stereocenters. The second-order valence-electron chi connectivity index (χ2n) is 23.8. The molecule has 0 saturated heterocycles. The third kappa shape index (κ3) is 67.8. The van der Waals surface area contributed by atoms with Gasteiger partial charge in [0.05, 0.1) is 32.8 Å². The molecule has 0 aromatic carbocycles. The van der Waals surface area contributed by atoms with Crippen molar-refractivity contribution < 1.29 is 80.2 Å². The first-order chi connectivity index (χ1) is 46.7. The highest BCUT2D eigenvalue weighted by Crippen LogP contribution is 2.45. The lowest BCUT2D eigenvalue weighted by molar-refractivity contribution is -0.161. The highest BCUT2D eigenvalue weighted by molar-refractivity contribution is 7.47. The van der Waals surface area contributed by atoms with E-state index in [1.165, 1.54) is 38.5 Å². The Morgan fingerprint density at radius 1 is 0.312 bits per heavy atom. The summed E-state index contributed by atoms with van der Waals surface area (Å²) in [5.74, 6) is -2.36. The third-order valence-corrected chi connectivity index (χ3v) is 16.6. The van der Waals surface area contributed by atoms with Gasteiger partial charge in [-0.1, -0.05) is 264 Å². The van der Waals surface area contributed by atoms with E-state index in [9.17, 15) is 43.2 Å². The molecule has 0 aliphatic carbocycles. The van der Waals surface area contributed by atoms with E-state index in [1.807, 2.05) is 18.2 Å². The molecule has 96 heavy (non-hydrogen) atoms. The number of hydrogen-bond donors (Lipinski definition) is 3. The molecule has 0 aliphatic heterocycles. The van der Waals surface area contributed by atoms with Gasteiger partial charge in [0.2, 0.25) is 0 Å². The molecule has 0 aliphatic rings. The van der Waals surface area contributed by atoms with E-state index in [4.69, 9.17) is 37.0 Å². The van der Waals surface area contributed by atoms with Gasteiger partial charge in [0, 0.05) is 19.3 Å². The molecule has 5 atom stereocenters. The van der Waals surface area contributed by atoms with E-state index in [0.717, 1.165) is 154 Å². The van der Waals surface area contributed by atoms with Crippen LogP contribution in [-0.2, 0) is 65.4 Å². The van der Waals surface area contributed by atoms with Gasteiger partial charge in [-0.15, -0.1) is 0 Å². The molecule has 19 heteroatoms. The van der Waals surface area contributed by atoms with Crippen molar-refractivity contribution in [2.24, 2.45) is 0 Å². The van der Waals surface area contributed by atoms with Crippen molar-refractivity contribution in [1.29, 1.82) is 0 Å². The number of hydrogen-bond acceptors (Lipinski definition) is 15. The smallest absolute Gasteiger partial charge is 0.462 e. The zero-order valence-corrected chi connectivity index (χ0v) is 61.3. The average Bonchev–Trinajstić information content (AvgIpc) is 1.11. The quantitative estimate of drug-likeness (QED) is 0.0169. The van der Waals surface area contributed by atoms with Crippen LogP contribution in [-0.4, -0.2) is 96.7 Å². The van der Waals surface area contributed by atoms with E-state index in [1.54, 1.807) is 6.08 Å². The van der Waals surface area contributed by atoms with Crippen molar-refractivity contribution in [3.63, 3.8) is 0 Å². The van der Waals surface area contributed by atoms with E-state index >= 15 is 0 Å². The molecule has 548 valence electrons. The van der Waals surface area contributed by atoms with Crippen molar-refractivity contribution in [3.8, 4) is 0 Å². The number of aliphatic hydroxyl groups is 1. The van der Waals surface area contributed by atoms with Crippen LogP contribution in [0.3, 0.4) is 0 Å². The Labute approximate surface area is 580 Å². The fraction of sp³-hybridized carbons (Fsp3) is 0.662. The summed E-state index contributed by atoms with van der Waals surface area (Å²) in [6.07, 6.45) is 74.9. The summed E-state index contributed by atoms with van der Waals surface area (Å²) in [6, 6.07) is 0. The zero-order valence-electron chi connectivity index (χ0n) is 59.5. The van der Waals surface area contributed by atoms with Crippen molar-refractivity contribution in [3.05, 3.63) is 134 Å². The largest absolute Gasteiger partial charge is 0.472 e. The summed E-state index contributed by atoms with van der Waals surface area (Å²) < 4.78 is 68.2. The number of allylic oxidation sites excluding steroid dienone is 21. The Morgan fingerprint density at radius 3 is 0.927 bits per heavy atom. The number of aliphatic hydroxyl groups excluding tert-OH is 1. The molecular weight excluding hydrogens is 1260 g/mol. The number of carbonyl (C=O) groups excluding carboxylic acids is 4. The van der Waals surface area contributed by atoms with Crippen molar-refractivity contribution in [2.75, 3.05) is 39.6 Å². The van der Waals surface area contributed by atoms with Gasteiger partial charge in [-0.2, -0.15) is 0 Å². The number of phosphoric acid groups is 2. The van der Waals surface area contributed by atoms with Gasteiger partial charge >= 0.3 is 39.5 Å². The molecular formula is C77H128O17P2. The van der Waals surface area contributed by atoms with E-state index in [0.29, 0.717) is 25.7 Å². The van der Waals surface area contributed by atoms with Crippen LogP contribution in [0.2, 0.25) is 0 Å². The Kier molecular flexibility index (Phi) is 65.3. The topological polar surface area (TPSA) is 237 Å². The molecule has 0 rings (SSSR count). The van der Waals surface area contributed by atoms with Crippen molar-refractivity contribution in [1.82, 2.24) is 0 Å². The number of ether oxygens (including phenoxy) is 4. The van der Waals surface area contributed by atoms with Crippen LogP contribution >= 0.6 is 15.6 Å². The summed E-state index contributed by atoms with van der Waals surface area (Å²) in [4.78, 5) is 72.6. The van der Waals surface area contributed by atoms with Gasteiger partial charge in [-0.05, 0) is 116 Å². The fourth-order valence-corrected chi connectivity index (χ4v) is 10.8. The summed E-state index contributed by atoms with van der Waals surface area (Å²) in [6.45, 7) is 4.35. The summed E-state index contributed by atoms with van der Waals surface area (Å²) >= 11 is 0. The Morgan fingerprint density at radius 2 is 0.583 bits per heavy atom. The minimum atomic E-state index is -4.99. The van der Waals surface area contributed by atoms with Crippen LogP contribution in [0.15, 0.2) is 134 Å². The SMILES string of the molecule is CC/C=C\C/C=C\C/C=C\C/C=C\C/C=C\CC(=O)OCC(COP(=O)(O)OCC(O)COP(=O)(O)OCC(COC(=O)CCCCCCC/C=C\C/C=C\C/C=C\CC)OC(=O)CCCCCCC/C=C\C/C=C\C/C=C\CC)OC(=O)CCCCCCCCCCCCC. The molecule has 0 spiro atoms. The van der Waals surface area contributed by atoms with Crippen molar-refractivity contribution in [2.45, 2.75) is 290 Å². The highest BCUT2D eigenvalue weighted by Gasteiger charge is 2.30. The molecule has 17 nitrogen and oxygen atoms in total. The van der Waals surface area contributed by atoms with Gasteiger partial charge in [-0.3, -0.25) is 37.3 Å². The molecule has 0 fully saturated rings. The molecule has 0 saturated carbocycles. The molecule has 0 amide bonds. The normalized spacial score (nSPS) is 14.8. The monoisotopic (exact) mass is 1390 g/mol. The maximum atomic E-state index is 13.1. The predicted molar refractivity (Wildman–Crippen MR) is 390 cm³/mol. The van der Waals surface area contributed by atoms with Gasteiger partial charge < -0.3 is 33.8 Å². The fourth-order valence-electron chi connectivity index (χ4n) is 9.20. The van der Waals surface area contributed by atoms with Crippen LogP contribution in [0.4, 0.5) is 0 Å². The minimum absolute atomic E-state index is 0.0664. The lowest BCUT2D eigenvalue weighted by Gasteiger charge is -2.21. The zero-order chi connectivity index (χ0) is 70.4. The van der Waals surface area contributed by atoms with E-state index in [-0.39, 0.29) is 25.7 Å². The number of unbranched alkanes of at least 4 members (excludes halogenated alkanes) is 20. The minimum Gasteiger partial charge on any atom is -0.462 e. The molecule has 0 aromatic heterocycles. The van der Waals surface area contributed by atoms with Gasteiger partial charge in [0.25, 0.3) is 0 Å². The van der Waals surface area contributed by atoms with Crippen LogP contribution in [0.25, 0.3) is 0 Å². The van der Waals surface area contributed by atoms with E-state index < -0.39 is 97.5 Å². The number of esters is 4. The number of rotatable bonds is 67. The van der Waals surface area contributed by atoms with Gasteiger partial charge in [0.15, 0.2) is 12.2 Å². The molecule has 3 N–H and O–H groups in total. The van der Waals surface area contributed by atoms with Crippen LogP contribution < -0.4 is 0 Å². The summed E-state index contributed by atoms with van der Waals surface area (Å²) in [5.41, 5.74) is 0. The standard InChI is InChI=1S/C77H128O17P2/c1-5-9-13-17-21-25-29-32-35-38-42-45-49-53-57-61-74(79)87-67-72(93-76(81)63-59-55-51-47-41-28-24-20-16-12-8-4)69-91-95(83,84)89-65-71(78)66-90-96(85,86)92-70-73(94-77(82)64-60-56-52-48-44-40-37-34-31-27-23-19-15-11-7-3)68-88-75(80)62-58-54-50-46-43-39-36-33-30-26-22-18-14-10-6-2/h9-11,13-15,21-23,25-27,32-37,42,45,53,57,71-73,78H,5-8,12,16-20,24,28-31,38-41,43-44,46-52,54-56,58-70H2,1-4H3,(H,83,84)(H,85,86)/b13-9-,14-10-,15-11-,25-21-,26-22-,27-23-,35-32-,36-33-,37-34-,45-42-,57-53-. The van der Waals surface area contributed by atoms with Crippen LogP contribution in [0.5, 0.6) is 0 Å². The second-order valence-corrected chi connectivity index (χ2v) is 26.7. The summed E-state index contributed by atoms with van der Waals surface area (Å²) in [7, 11) is -9.98. The van der Waals surface area contributed by atoms with E-state index in [2.05, 4.69) is 137 Å². The second kappa shape index (κ2) is 68.7. The van der Waals surface area contributed by atoms with Crippen LogP contribution in [0.1, 0.15) is 272 Å². The maximum Gasteiger partial charge on any atom is 0.472 e. The molecule has 0 bridgehead atoms. The predicted octanol–water partition coefficient (Wildman–Crippen LogP) is 20.5. The first-order valence-corrected chi connectivity index (χ1v) is 39.4. The first-order valence-electron chi connectivity index (χ1n) is 36.4. The number of carbonyl (C=O) groups is 4. The lowest BCUT2D eigenvalue weighted by Crippen LogP contribution is -2.30. The number of phosphoric ester groups is 2. The highest BCUT2D eigenvalue weighted by atomic mass is 31.2. The lowest BCUT2D eigenvalue weighted by atomic mass is 10.1. The van der Waals surface area contributed by atoms with Gasteiger partial charge in [-0.25, -0.2) is 9.13 Å². The Balaban J connectivity index is 5.42. The average molecular weight is 1390 g/mol. The first kappa shape index (κ1) is 91.2. The Hall–Kier alpha value is -4.80. The Bertz CT molecular complexity index is 2350. The maximum absolute atomic E-state index is 13.1. The third-order valence-electron chi connectivity index (χ3n) is 14.7. The van der Waals surface area contributed by atoms with Crippen LogP contribution in [0, 0.1) is 0 Å². The van der Waals surface area contributed by atoms with Gasteiger partial charge in [0.1, 0.15) is 19.3 Å². The van der Waals surface area contributed by atoms with Crippen molar-refractivity contribution >= 4 is 39.5 Å².